The molecule has 6 heteroatoms. The van der Waals surface area contributed by atoms with Gasteiger partial charge in [0.05, 0.1) is 12.7 Å². The maximum absolute atomic E-state index is 5.77. The van der Waals surface area contributed by atoms with Gasteiger partial charge in [0.2, 0.25) is 0 Å². The van der Waals surface area contributed by atoms with Crippen molar-refractivity contribution in [1.82, 2.24) is 15.5 Å². The van der Waals surface area contributed by atoms with E-state index in [2.05, 4.69) is 34.5 Å². The highest BCUT2D eigenvalue weighted by Gasteiger charge is 2.18. The normalized spacial score (nSPS) is 22.5. The molecular weight excluding hydrogens is 304 g/mol. The second kappa shape index (κ2) is 11.7. The van der Waals surface area contributed by atoms with Crippen molar-refractivity contribution in [2.75, 3.05) is 53.0 Å². The Hall–Kier alpha value is -0.850. The fourth-order valence-corrected chi connectivity index (χ4v) is 3.37. The van der Waals surface area contributed by atoms with Gasteiger partial charge in [-0.05, 0) is 39.7 Å². The minimum absolute atomic E-state index is 0.298. The molecule has 0 aromatic carbocycles. The lowest BCUT2D eigenvalue weighted by Gasteiger charge is -2.24. The van der Waals surface area contributed by atoms with E-state index in [1.54, 1.807) is 0 Å². The second-order valence-electron chi connectivity index (χ2n) is 6.82. The quantitative estimate of drug-likeness (QED) is 0.359. The van der Waals surface area contributed by atoms with Crippen molar-refractivity contribution >= 4 is 5.96 Å². The smallest absolute Gasteiger partial charge is 0.191 e. The highest BCUT2D eigenvalue weighted by Crippen LogP contribution is 2.21. The molecule has 1 unspecified atom stereocenters. The standard InChI is InChI=1S/C18H36N4O2/c1-3-19-18(20-10-6-13-24-17-9-14-23-15-17)21-11-12-22(2)16-7-4-5-8-16/h16-17H,3-15H2,1-2H3,(H2,19,20,21). The molecule has 0 spiro atoms. The topological polar surface area (TPSA) is 58.1 Å². The SMILES string of the molecule is CCNC(=NCCCOC1CCOC1)NCCN(C)C1CCCC1. The Morgan fingerprint density at radius 1 is 1.25 bits per heavy atom. The van der Waals surface area contributed by atoms with E-state index in [0.717, 1.165) is 70.8 Å². The van der Waals surface area contributed by atoms with Crippen molar-refractivity contribution in [1.29, 1.82) is 0 Å². The summed E-state index contributed by atoms with van der Waals surface area (Å²) in [5.74, 6) is 0.918. The third-order valence-corrected chi connectivity index (χ3v) is 4.86. The maximum Gasteiger partial charge on any atom is 0.191 e. The number of nitrogens with zero attached hydrogens (tertiary/aromatic N) is 2. The molecule has 2 aliphatic rings. The Morgan fingerprint density at radius 3 is 2.79 bits per heavy atom. The van der Waals surface area contributed by atoms with Crippen LogP contribution in [0.4, 0.5) is 0 Å². The highest BCUT2D eigenvalue weighted by molar-refractivity contribution is 5.79. The molecule has 0 amide bonds. The summed E-state index contributed by atoms with van der Waals surface area (Å²) in [5, 5.41) is 6.76. The molecule has 2 N–H and O–H groups in total. The van der Waals surface area contributed by atoms with Gasteiger partial charge in [-0.1, -0.05) is 12.8 Å². The Bertz CT molecular complexity index is 353. The summed E-state index contributed by atoms with van der Waals surface area (Å²) in [6.45, 7) is 8.15. The molecule has 1 atom stereocenters. The van der Waals surface area contributed by atoms with Crippen molar-refractivity contribution < 1.29 is 9.47 Å². The number of hydrogen-bond donors (Lipinski definition) is 2. The summed E-state index contributed by atoms with van der Waals surface area (Å²) in [4.78, 5) is 7.12. The summed E-state index contributed by atoms with van der Waals surface area (Å²) in [7, 11) is 2.24. The maximum atomic E-state index is 5.77. The zero-order valence-electron chi connectivity index (χ0n) is 15.6. The van der Waals surface area contributed by atoms with Crippen molar-refractivity contribution in [2.45, 2.75) is 57.6 Å². The number of nitrogens with one attached hydrogen (secondary N) is 2. The number of ether oxygens (including phenoxy) is 2. The van der Waals surface area contributed by atoms with Crippen LogP contribution in [0.5, 0.6) is 0 Å². The highest BCUT2D eigenvalue weighted by atomic mass is 16.5. The summed E-state index contributed by atoms with van der Waals surface area (Å²) in [6.07, 6.45) is 7.78. The molecule has 0 aromatic rings. The molecule has 1 aliphatic heterocycles. The van der Waals surface area contributed by atoms with Crippen LogP contribution in [0, 0.1) is 0 Å². The van der Waals surface area contributed by atoms with Gasteiger partial charge < -0.3 is 25.0 Å². The van der Waals surface area contributed by atoms with Gasteiger partial charge in [0.25, 0.3) is 0 Å². The predicted molar refractivity (Wildman–Crippen MR) is 98.7 cm³/mol. The monoisotopic (exact) mass is 340 g/mol. The first-order valence-corrected chi connectivity index (χ1v) is 9.71. The van der Waals surface area contributed by atoms with Gasteiger partial charge in [-0.3, -0.25) is 4.99 Å². The lowest BCUT2D eigenvalue weighted by atomic mass is 10.2. The van der Waals surface area contributed by atoms with Crippen LogP contribution in [0.25, 0.3) is 0 Å². The Labute approximate surface area is 147 Å². The largest absolute Gasteiger partial charge is 0.379 e. The molecule has 2 rings (SSSR count). The Morgan fingerprint density at radius 2 is 2.08 bits per heavy atom. The van der Waals surface area contributed by atoms with Gasteiger partial charge in [0.1, 0.15) is 0 Å². The minimum atomic E-state index is 0.298. The molecule has 1 aliphatic carbocycles. The lowest BCUT2D eigenvalue weighted by molar-refractivity contribution is 0.0424. The zero-order chi connectivity index (χ0) is 17.0. The van der Waals surface area contributed by atoms with Crippen molar-refractivity contribution in [3.63, 3.8) is 0 Å². The molecule has 24 heavy (non-hydrogen) atoms. The van der Waals surface area contributed by atoms with E-state index in [0.29, 0.717) is 6.10 Å². The van der Waals surface area contributed by atoms with E-state index < -0.39 is 0 Å². The Kier molecular flexibility index (Phi) is 9.46. The lowest BCUT2D eigenvalue weighted by Crippen LogP contribution is -2.42. The van der Waals surface area contributed by atoms with Crippen LogP contribution in [0.2, 0.25) is 0 Å². The molecule has 1 heterocycles. The third-order valence-electron chi connectivity index (χ3n) is 4.86. The molecular formula is C18H36N4O2. The van der Waals surface area contributed by atoms with Crippen LogP contribution in [0.15, 0.2) is 4.99 Å². The fourth-order valence-electron chi connectivity index (χ4n) is 3.37. The van der Waals surface area contributed by atoms with E-state index in [1.165, 1.54) is 25.7 Å². The van der Waals surface area contributed by atoms with Crippen LogP contribution in [0.1, 0.15) is 45.4 Å². The molecule has 0 radical (unpaired) electrons. The molecule has 0 aromatic heterocycles. The number of rotatable bonds is 10. The second-order valence-corrected chi connectivity index (χ2v) is 6.82. The van der Waals surface area contributed by atoms with Gasteiger partial charge in [0, 0.05) is 45.4 Å². The van der Waals surface area contributed by atoms with Crippen LogP contribution in [-0.2, 0) is 9.47 Å². The van der Waals surface area contributed by atoms with Gasteiger partial charge in [-0.25, -0.2) is 0 Å². The first kappa shape index (κ1) is 19.5. The molecule has 140 valence electrons. The van der Waals surface area contributed by atoms with E-state index in [-0.39, 0.29) is 0 Å². The van der Waals surface area contributed by atoms with Gasteiger partial charge >= 0.3 is 0 Å². The molecule has 1 saturated heterocycles. The van der Waals surface area contributed by atoms with Crippen molar-refractivity contribution in [3.8, 4) is 0 Å². The summed E-state index contributed by atoms with van der Waals surface area (Å²) in [6, 6.07) is 0.781. The van der Waals surface area contributed by atoms with Gasteiger partial charge in [-0.15, -0.1) is 0 Å². The summed E-state index contributed by atoms with van der Waals surface area (Å²) >= 11 is 0. The fraction of sp³-hybridized carbons (Fsp3) is 0.944. The van der Waals surface area contributed by atoms with Crippen LogP contribution >= 0.6 is 0 Å². The van der Waals surface area contributed by atoms with Gasteiger partial charge in [-0.2, -0.15) is 0 Å². The number of guanidine groups is 1. The zero-order valence-corrected chi connectivity index (χ0v) is 15.6. The number of aliphatic imine (C=N–C) groups is 1. The van der Waals surface area contributed by atoms with Gasteiger partial charge in [0.15, 0.2) is 5.96 Å². The van der Waals surface area contributed by atoms with E-state index in [9.17, 15) is 0 Å². The average molecular weight is 341 g/mol. The molecule has 6 nitrogen and oxygen atoms in total. The Balaban J connectivity index is 1.56. The van der Waals surface area contributed by atoms with Crippen LogP contribution in [-0.4, -0.2) is 76.1 Å². The molecule has 0 bridgehead atoms. The van der Waals surface area contributed by atoms with Crippen molar-refractivity contribution in [3.05, 3.63) is 0 Å². The number of hydrogen-bond acceptors (Lipinski definition) is 4. The predicted octanol–water partition coefficient (Wildman–Crippen LogP) is 1.61. The summed E-state index contributed by atoms with van der Waals surface area (Å²) in [5.41, 5.74) is 0. The minimum Gasteiger partial charge on any atom is -0.379 e. The van der Waals surface area contributed by atoms with Crippen LogP contribution < -0.4 is 10.6 Å². The average Bonchev–Trinajstić information content (AvgIpc) is 3.28. The van der Waals surface area contributed by atoms with E-state index >= 15 is 0 Å². The third kappa shape index (κ3) is 7.36. The van der Waals surface area contributed by atoms with Crippen LogP contribution in [0.3, 0.4) is 0 Å². The molecule has 2 fully saturated rings. The number of likely N-dealkylation sites (N-methyl/N-ethyl adjacent to an activating group) is 1. The van der Waals surface area contributed by atoms with E-state index in [4.69, 9.17) is 9.47 Å². The summed E-state index contributed by atoms with van der Waals surface area (Å²) < 4.78 is 11.1. The first-order valence-electron chi connectivity index (χ1n) is 9.71. The van der Waals surface area contributed by atoms with Crippen molar-refractivity contribution in [2.24, 2.45) is 4.99 Å². The van der Waals surface area contributed by atoms with E-state index in [1.807, 2.05) is 0 Å². The molecule has 1 saturated carbocycles. The first-order chi connectivity index (χ1) is 11.8.